The summed E-state index contributed by atoms with van der Waals surface area (Å²) in [6.07, 6.45) is 17.0. The molecular weight excluding hydrogens is 410 g/mol. The van der Waals surface area contributed by atoms with E-state index in [1.807, 2.05) is 31.0 Å². The van der Waals surface area contributed by atoms with Crippen molar-refractivity contribution < 1.29 is 0 Å². The number of H-pyrrole nitrogens is 2. The molecule has 7 heteroatoms. The molecular formula is C26H23N7. The van der Waals surface area contributed by atoms with Crippen LogP contribution in [0.25, 0.3) is 50.0 Å². The fraction of sp³-hybridized carbons (Fsp3) is 0.154. The number of nitrogens with zero attached hydrogens (tertiary/aromatic N) is 5. The molecule has 0 fully saturated rings. The molecule has 0 radical (unpaired) electrons. The zero-order valence-electron chi connectivity index (χ0n) is 18.5. The summed E-state index contributed by atoms with van der Waals surface area (Å²) in [5.41, 5.74) is 9.11. The van der Waals surface area contributed by atoms with Gasteiger partial charge in [-0.1, -0.05) is 18.2 Å². The minimum atomic E-state index is 0.685. The first-order valence-electron chi connectivity index (χ1n) is 10.9. The number of aromatic amines is 2. The van der Waals surface area contributed by atoms with Crippen molar-refractivity contribution in [2.75, 3.05) is 14.1 Å². The monoisotopic (exact) mass is 433 g/mol. The van der Waals surface area contributed by atoms with E-state index in [9.17, 15) is 0 Å². The van der Waals surface area contributed by atoms with Crippen LogP contribution in [0.5, 0.6) is 0 Å². The summed E-state index contributed by atoms with van der Waals surface area (Å²) in [4.78, 5) is 19.1. The molecule has 162 valence electrons. The Labute approximate surface area is 190 Å². The van der Waals surface area contributed by atoms with Gasteiger partial charge in [0.2, 0.25) is 0 Å². The molecule has 2 N–H and O–H groups in total. The number of pyridine rings is 3. The van der Waals surface area contributed by atoms with Gasteiger partial charge in [0.1, 0.15) is 0 Å². The molecule has 6 rings (SSSR count). The Hall–Kier alpha value is -4.10. The molecule has 0 atom stereocenters. The van der Waals surface area contributed by atoms with Crippen LogP contribution in [-0.2, 0) is 6.54 Å². The number of nitrogens with one attached hydrogen (secondary N) is 2. The van der Waals surface area contributed by atoms with Crippen molar-refractivity contribution in [1.29, 1.82) is 0 Å². The highest BCUT2D eigenvalue weighted by molar-refractivity contribution is 6.00. The van der Waals surface area contributed by atoms with Crippen molar-refractivity contribution in [3.63, 3.8) is 0 Å². The fourth-order valence-electron chi connectivity index (χ4n) is 4.43. The van der Waals surface area contributed by atoms with Gasteiger partial charge in [0.15, 0.2) is 5.65 Å². The van der Waals surface area contributed by atoms with Gasteiger partial charge in [-0.05, 0) is 49.9 Å². The van der Waals surface area contributed by atoms with Crippen LogP contribution < -0.4 is 0 Å². The minimum Gasteiger partial charge on any atom is -0.352 e. The maximum Gasteiger partial charge on any atom is 0.181 e. The van der Waals surface area contributed by atoms with Gasteiger partial charge < -0.3 is 9.88 Å². The smallest absolute Gasteiger partial charge is 0.181 e. The van der Waals surface area contributed by atoms with Crippen LogP contribution in [0, 0.1) is 0 Å². The van der Waals surface area contributed by atoms with Crippen LogP contribution in [0.2, 0.25) is 0 Å². The van der Waals surface area contributed by atoms with E-state index in [1.165, 1.54) is 5.57 Å². The Morgan fingerprint density at radius 1 is 0.939 bits per heavy atom. The van der Waals surface area contributed by atoms with Crippen LogP contribution >= 0.6 is 0 Å². The van der Waals surface area contributed by atoms with E-state index < -0.39 is 0 Å². The Balaban J connectivity index is 1.45. The molecule has 33 heavy (non-hydrogen) atoms. The second-order valence-electron chi connectivity index (χ2n) is 8.64. The lowest BCUT2D eigenvalue weighted by Crippen LogP contribution is -2.10. The quantitative estimate of drug-likeness (QED) is 0.409. The van der Waals surface area contributed by atoms with Gasteiger partial charge >= 0.3 is 0 Å². The Morgan fingerprint density at radius 2 is 1.82 bits per heavy atom. The zero-order chi connectivity index (χ0) is 22.4. The van der Waals surface area contributed by atoms with Gasteiger partial charge in [-0.25, -0.2) is 4.98 Å². The topological polar surface area (TPSA) is 86.4 Å². The minimum absolute atomic E-state index is 0.685. The highest BCUT2D eigenvalue weighted by Crippen LogP contribution is 2.34. The molecule has 7 nitrogen and oxygen atoms in total. The summed E-state index contributed by atoms with van der Waals surface area (Å²) in [6, 6.07) is 6.46. The molecule has 0 saturated heterocycles. The Kier molecular flexibility index (Phi) is 4.62. The van der Waals surface area contributed by atoms with Crippen molar-refractivity contribution in [1.82, 2.24) is 35.0 Å². The lowest BCUT2D eigenvalue weighted by Gasteiger charge is -2.10. The second kappa shape index (κ2) is 7.79. The highest BCUT2D eigenvalue weighted by Gasteiger charge is 2.16. The standard InChI is InChI=1S/C26H23N7/c1-33(2)15-16-7-18(11-27-10-16)19-8-21-25(31-32-26(21)29-12-19)23-9-20-22(17-5-3-4-6-17)13-28-14-24(20)30-23/h3,5-14,30H,4,15H2,1-2H3,(H,29,31,32). The lowest BCUT2D eigenvalue weighted by atomic mass is 10.0. The van der Waals surface area contributed by atoms with Crippen molar-refractivity contribution in [2.45, 2.75) is 13.0 Å². The number of rotatable bonds is 5. The Morgan fingerprint density at radius 3 is 2.67 bits per heavy atom. The van der Waals surface area contributed by atoms with E-state index in [1.54, 1.807) is 0 Å². The predicted molar refractivity (Wildman–Crippen MR) is 131 cm³/mol. The first-order chi connectivity index (χ1) is 16.2. The third-order valence-electron chi connectivity index (χ3n) is 5.93. The van der Waals surface area contributed by atoms with E-state index >= 15 is 0 Å². The summed E-state index contributed by atoms with van der Waals surface area (Å²) in [5.74, 6) is 0. The zero-order valence-corrected chi connectivity index (χ0v) is 18.5. The first kappa shape index (κ1) is 19.6. The number of allylic oxidation sites excluding steroid dienone is 4. The maximum absolute atomic E-state index is 4.60. The van der Waals surface area contributed by atoms with Gasteiger partial charge in [0.25, 0.3) is 0 Å². The van der Waals surface area contributed by atoms with E-state index in [2.05, 4.69) is 85.6 Å². The second-order valence-corrected chi connectivity index (χ2v) is 8.64. The van der Waals surface area contributed by atoms with E-state index in [-0.39, 0.29) is 0 Å². The molecule has 5 aromatic rings. The number of fused-ring (bicyclic) bond motifs is 2. The van der Waals surface area contributed by atoms with E-state index in [0.29, 0.717) is 5.65 Å². The van der Waals surface area contributed by atoms with Gasteiger partial charge in [-0.2, -0.15) is 5.10 Å². The lowest BCUT2D eigenvalue weighted by molar-refractivity contribution is 0.402. The first-order valence-corrected chi connectivity index (χ1v) is 10.9. The molecule has 0 bridgehead atoms. The molecule has 0 unspecified atom stereocenters. The number of hydrogen-bond acceptors (Lipinski definition) is 5. The summed E-state index contributed by atoms with van der Waals surface area (Å²) >= 11 is 0. The third kappa shape index (κ3) is 3.52. The van der Waals surface area contributed by atoms with Crippen molar-refractivity contribution in [3.05, 3.63) is 78.5 Å². The van der Waals surface area contributed by atoms with Crippen molar-refractivity contribution in [3.8, 4) is 22.5 Å². The van der Waals surface area contributed by atoms with Crippen molar-refractivity contribution in [2.24, 2.45) is 0 Å². The summed E-state index contributed by atoms with van der Waals surface area (Å²) in [5, 5.41) is 9.73. The number of aromatic nitrogens is 6. The molecule has 0 aromatic carbocycles. The average molecular weight is 434 g/mol. The van der Waals surface area contributed by atoms with E-state index in [4.69, 9.17) is 0 Å². The molecule has 5 heterocycles. The maximum atomic E-state index is 4.60. The Bertz CT molecular complexity index is 1550. The van der Waals surface area contributed by atoms with Crippen LogP contribution in [0.1, 0.15) is 17.5 Å². The normalized spacial score (nSPS) is 13.5. The largest absolute Gasteiger partial charge is 0.352 e. The number of hydrogen-bond donors (Lipinski definition) is 2. The van der Waals surface area contributed by atoms with Crippen LogP contribution in [0.3, 0.4) is 0 Å². The molecule has 5 aromatic heterocycles. The predicted octanol–water partition coefficient (Wildman–Crippen LogP) is 4.97. The van der Waals surface area contributed by atoms with Crippen molar-refractivity contribution >= 4 is 27.5 Å². The van der Waals surface area contributed by atoms with Gasteiger partial charge in [0.05, 0.1) is 23.1 Å². The van der Waals surface area contributed by atoms with E-state index in [0.717, 1.165) is 62.9 Å². The molecule has 0 aliphatic heterocycles. The highest BCUT2D eigenvalue weighted by atomic mass is 15.2. The molecule has 1 aliphatic carbocycles. The van der Waals surface area contributed by atoms with Gasteiger partial charge in [-0.15, -0.1) is 0 Å². The average Bonchev–Trinajstić information content (AvgIpc) is 3.57. The molecule has 1 aliphatic rings. The SMILES string of the molecule is CN(C)Cc1cncc(-c2cnc3n[nH]c(-c4cc5c(C6=CCC=C6)cncc5[nH]4)c3c2)c1. The molecule has 0 amide bonds. The summed E-state index contributed by atoms with van der Waals surface area (Å²) < 4.78 is 0. The van der Waals surface area contributed by atoms with Gasteiger partial charge in [-0.3, -0.25) is 15.1 Å². The fourth-order valence-corrected chi connectivity index (χ4v) is 4.43. The van der Waals surface area contributed by atoms with Crippen LogP contribution in [-0.4, -0.2) is 49.1 Å². The van der Waals surface area contributed by atoms with Crippen LogP contribution in [0.4, 0.5) is 0 Å². The summed E-state index contributed by atoms with van der Waals surface area (Å²) in [6.45, 7) is 0.838. The van der Waals surface area contributed by atoms with Gasteiger partial charge in [0, 0.05) is 58.8 Å². The van der Waals surface area contributed by atoms with Crippen LogP contribution in [0.15, 0.2) is 67.4 Å². The molecule has 0 saturated carbocycles. The third-order valence-corrected chi connectivity index (χ3v) is 5.93. The molecule has 0 spiro atoms. The summed E-state index contributed by atoms with van der Waals surface area (Å²) in [7, 11) is 4.11.